The first-order valence-electron chi connectivity index (χ1n) is 6.87. The highest BCUT2D eigenvalue weighted by Crippen LogP contribution is 2.56. The fourth-order valence-electron chi connectivity index (χ4n) is 3.65. The summed E-state index contributed by atoms with van der Waals surface area (Å²) in [6.07, 6.45) is 5.07. The molecule has 92 valence electrons. The number of carbonyl (C=O) groups is 1. The lowest BCUT2D eigenvalue weighted by atomic mass is 10.0. The summed E-state index contributed by atoms with van der Waals surface area (Å²) >= 11 is 0. The lowest BCUT2D eigenvalue weighted by Gasteiger charge is -2.04. The molecule has 4 rings (SSSR count). The average Bonchev–Trinajstić information content (AvgIpc) is 2.97. The number of rotatable bonds is 2. The molecule has 0 aliphatic heterocycles. The minimum atomic E-state index is 0.239. The minimum Gasteiger partial charge on any atom is -0.453 e. The van der Waals surface area contributed by atoms with E-state index < -0.39 is 0 Å². The molecule has 2 aliphatic carbocycles. The molecule has 2 aromatic rings. The summed E-state index contributed by atoms with van der Waals surface area (Å²) < 4.78 is 5.69. The molecule has 2 unspecified atom stereocenters. The molecule has 1 heterocycles. The van der Waals surface area contributed by atoms with E-state index in [1.807, 2.05) is 30.3 Å². The van der Waals surface area contributed by atoms with Crippen LogP contribution in [0.5, 0.6) is 0 Å². The molecule has 0 amide bonds. The Morgan fingerprint density at radius 2 is 1.83 bits per heavy atom. The molecule has 0 bridgehead atoms. The average molecular weight is 240 g/mol. The van der Waals surface area contributed by atoms with E-state index in [9.17, 15) is 4.79 Å². The van der Waals surface area contributed by atoms with E-state index >= 15 is 0 Å². The van der Waals surface area contributed by atoms with Gasteiger partial charge in [-0.25, -0.2) is 0 Å². The van der Waals surface area contributed by atoms with Gasteiger partial charge in [-0.15, -0.1) is 0 Å². The van der Waals surface area contributed by atoms with Crippen LogP contribution in [0.3, 0.4) is 0 Å². The second-order valence-electron chi connectivity index (χ2n) is 5.65. The van der Waals surface area contributed by atoms with E-state index in [-0.39, 0.29) is 11.7 Å². The summed E-state index contributed by atoms with van der Waals surface area (Å²) in [5.41, 5.74) is 0.824. The van der Waals surface area contributed by atoms with E-state index in [4.69, 9.17) is 4.42 Å². The Hall–Kier alpha value is -1.57. The third kappa shape index (κ3) is 1.45. The number of hydrogen-bond donors (Lipinski definition) is 0. The minimum absolute atomic E-state index is 0.239. The summed E-state index contributed by atoms with van der Waals surface area (Å²) in [7, 11) is 0. The van der Waals surface area contributed by atoms with Crippen LogP contribution in [0.2, 0.25) is 0 Å². The monoisotopic (exact) mass is 240 g/mol. The highest BCUT2D eigenvalue weighted by atomic mass is 16.3. The second kappa shape index (κ2) is 3.71. The summed E-state index contributed by atoms with van der Waals surface area (Å²) in [5.74, 6) is 2.37. The first-order valence-corrected chi connectivity index (χ1v) is 6.87. The number of Topliss-reactive ketones (excluding diaryl/α,β-unsaturated/α-hetero) is 1. The molecule has 0 radical (unpaired) electrons. The first-order chi connectivity index (χ1) is 8.84. The third-order valence-corrected chi connectivity index (χ3v) is 4.63. The molecule has 1 aromatic carbocycles. The highest BCUT2D eigenvalue weighted by Gasteiger charge is 2.55. The van der Waals surface area contributed by atoms with Crippen LogP contribution in [-0.4, -0.2) is 5.78 Å². The van der Waals surface area contributed by atoms with E-state index in [2.05, 4.69) is 0 Å². The standard InChI is InChI=1S/C16H16O2/c17-16(15-11-6-2-3-7-12(11)15)14-9-10-5-1-4-8-13(10)18-14/h1,4-5,8-9,11-12,15H,2-3,6-7H2. The largest absolute Gasteiger partial charge is 0.453 e. The van der Waals surface area contributed by atoms with Gasteiger partial charge in [0.15, 0.2) is 5.76 Å². The Morgan fingerprint density at radius 3 is 2.56 bits per heavy atom. The quantitative estimate of drug-likeness (QED) is 0.741. The molecule has 0 spiro atoms. The third-order valence-electron chi connectivity index (χ3n) is 4.63. The van der Waals surface area contributed by atoms with Gasteiger partial charge >= 0.3 is 0 Å². The van der Waals surface area contributed by atoms with E-state index in [1.54, 1.807) is 0 Å². The molecule has 2 nitrogen and oxygen atoms in total. The molecular weight excluding hydrogens is 224 g/mol. The van der Waals surface area contributed by atoms with Crippen molar-refractivity contribution in [2.24, 2.45) is 17.8 Å². The SMILES string of the molecule is O=C(c1cc2ccccc2o1)C1C2CCCCC21. The normalized spacial score (nSPS) is 30.1. The lowest BCUT2D eigenvalue weighted by Crippen LogP contribution is -2.02. The van der Waals surface area contributed by atoms with Crippen molar-refractivity contribution >= 4 is 16.8 Å². The maximum absolute atomic E-state index is 12.4. The van der Waals surface area contributed by atoms with Gasteiger partial charge in [0, 0.05) is 11.3 Å². The van der Waals surface area contributed by atoms with Gasteiger partial charge in [-0.1, -0.05) is 31.0 Å². The van der Waals surface area contributed by atoms with Crippen LogP contribution in [0.25, 0.3) is 11.0 Å². The van der Waals surface area contributed by atoms with Gasteiger partial charge < -0.3 is 4.42 Å². The van der Waals surface area contributed by atoms with Crippen molar-refractivity contribution in [2.75, 3.05) is 0 Å². The van der Waals surface area contributed by atoms with E-state index in [0.29, 0.717) is 17.6 Å². The number of benzene rings is 1. The molecular formula is C16H16O2. The molecule has 0 saturated heterocycles. The number of hydrogen-bond acceptors (Lipinski definition) is 2. The number of para-hydroxylation sites is 1. The molecule has 18 heavy (non-hydrogen) atoms. The Bertz CT molecular complexity index is 565. The zero-order valence-electron chi connectivity index (χ0n) is 10.3. The Kier molecular flexibility index (Phi) is 2.14. The van der Waals surface area contributed by atoms with Crippen LogP contribution in [0.1, 0.15) is 36.2 Å². The first kappa shape index (κ1) is 10.4. The van der Waals surface area contributed by atoms with Gasteiger partial charge in [0.25, 0.3) is 0 Å². The van der Waals surface area contributed by atoms with Crippen molar-refractivity contribution in [3.05, 3.63) is 36.1 Å². The Morgan fingerprint density at radius 1 is 1.11 bits per heavy atom. The second-order valence-corrected chi connectivity index (χ2v) is 5.65. The van der Waals surface area contributed by atoms with E-state index in [0.717, 1.165) is 11.0 Å². The van der Waals surface area contributed by atoms with Gasteiger partial charge in [-0.3, -0.25) is 4.79 Å². The summed E-state index contributed by atoms with van der Waals surface area (Å²) in [6, 6.07) is 9.74. The molecule has 0 N–H and O–H groups in total. The van der Waals surface area contributed by atoms with Crippen molar-refractivity contribution in [1.29, 1.82) is 0 Å². The van der Waals surface area contributed by atoms with Crippen molar-refractivity contribution in [1.82, 2.24) is 0 Å². The van der Waals surface area contributed by atoms with Crippen LogP contribution in [0.4, 0.5) is 0 Å². The van der Waals surface area contributed by atoms with Gasteiger partial charge in [-0.05, 0) is 36.8 Å². The number of carbonyl (C=O) groups excluding carboxylic acids is 1. The fourth-order valence-corrected chi connectivity index (χ4v) is 3.65. The summed E-state index contributed by atoms with van der Waals surface area (Å²) in [6.45, 7) is 0. The molecule has 2 atom stereocenters. The van der Waals surface area contributed by atoms with Crippen molar-refractivity contribution in [2.45, 2.75) is 25.7 Å². The summed E-state index contributed by atoms with van der Waals surface area (Å²) in [5, 5.41) is 1.03. The topological polar surface area (TPSA) is 30.2 Å². The Labute approximate surface area is 106 Å². The molecule has 2 saturated carbocycles. The van der Waals surface area contributed by atoms with Crippen molar-refractivity contribution < 1.29 is 9.21 Å². The van der Waals surface area contributed by atoms with Crippen LogP contribution in [0, 0.1) is 17.8 Å². The van der Waals surface area contributed by atoms with Gasteiger partial charge in [0.2, 0.25) is 5.78 Å². The van der Waals surface area contributed by atoms with Crippen LogP contribution in [-0.2, 0) is 0 Å². The maximum atomic E-state index is 12.4. The fraction of sp³-hybridized carbons (Fsp3) is 0.438. The predicted octanol–water partition coefficient (Wildman–Crippen LogP) is 4.05. The van der Waals surface area contributed by atoms with Gasteiger partial charge in [0.05, 0.1) is 0 Å². The maximum Gasteiger partial charge on any atom is 0.201 e. The molecule has 2 heteroatoms. The van der Waals surface area contributed by atoms with Crippen molar-refractivity contribution in [3.63, 3.8) is 0 Å². The zero-order valence-corrected chi connectivity index (χ0v) is 10.3. The van der Waals surface area contributed by atoms with Gasteiger partial charge in [0.1, 0.15) is 5.58 Å². The smallest absolute Gasteiger partial charge is 0.201 e. The number of ketones is 1. The highest BCUT2D eigenvalue weighted by molar-refractivity contribution is 6.00. The van der Waals surface area contributed by atoms with Crippen LogP contribution < -0.4 is 0 Å². The Balaban J connectivity index is 1.65. The number of furan rings is 1. The van der Waals surface area contributed by atoms with Gasteiger partial charge in [-0.2, -0.15) is 0 Å². The molecule has 2 fully saturated rings. The molecule has 2 aliphatic rings. The van der Waals surface area contributed by atoms with Crippen LogP contribution >= 0.6 is 0 Å². The lowest BCUT2D eigenvalue weighted by molar-refractivity contribution is 0.0931. The number of fused-ring (bicyclic) bond motifs is 2. The predicted molar refractivity (Wildman–Crippen MR) is 69.5 cm³/mol. The zero-order chi connectivity index (χ0) is 12.1. The van der Waals surface area contributed by atoms with Crippen LogP contribution in [0.15, 0.2) is 34.7 Å². The molecule has 1 aromatic heterocycles. The summed E-state index contributed by atoms with van der Waals surface area (Å²) in [4.78, 5) is 12.4. The van der Waals surface area contributed by atoms with Crippen molar-refractivity contribution in [3.8, 4) is 0 Å². The van der Waals surface area contributed by atoms with E-state index in [1.165, 1.54) is 25.7 Å².